The van der Waals surface area contributed by atoms with Crippen molar-refractivity contribution >= 4 is 28.5 Å². The second kappa shape index (κ2) is 7.38. The molecular formula is C27H24P+. The lowest BCUT2D eigenvalue weighted by Gasteiger charge is -2.28. The summed E-state index contributed by atoms with van der Waals surface area (Å²) in [6, 6.07) is 41.2. The molecule has 1 heteroatoms. The molecule has 4 bridgehead atoms. The van der Waals surface area contributed by atoms with Gasteiger partial charge in [0.15, 0.2) is 0 Å². The van der Waals surface area contributed by atoms with Gasteiger partial charge in [-0.25, -0.2) is 0 Å². The van der Waals surface area contributed by atoms with Crippen LogP contribution in [0.4, 0.5) is 0 Å². The Hall–Kier alpha value is -2.69. The highest BCUT2D eigenvalue weighted by molar-refractivity contribution is 8.01. The summed E-state index contributed by atoms with van der Waals surface area (Å²) in [5.74, 6) is 0. The summed E-state index contributed by atoms with van der Waals surface area (Å²) >= 11 is 0. The van der Waals surface area contributed by atoms with Crippen molar-refractivity contribution in [1.29, 1.82) is 0 Å². The van der Waals surface area contributed by atoms with E-state index in [0.717, 1.165) is 12.8 Å². The second-order valence-electron chi connectivity index (χ2n) is 7.53. The van der Waals surface area contributed by atoms with Gasteiger partial charge in [0, 0.05) is 0 Å². The Morgan fingerprint density at radius 3 is 1.14 bits per heavy atom. The molecule has 0 aliphatic carbocycles. The quantitative estimate of drug-likeness (QED) is 0.439. The fourth-order valence-electron chi connectivity index (χ4n) is 4.47. The molecular weight excluding hydrogens is 355 g/mol. The van der Waals surface area contributed by atoms with Crippen LogP contribution in [0.2, 0.25) is 0 Å². The minimum absolute atomic E-state index is 1.14. The SMILES string of the molecule is c1ccc([P+]2(c3ccccc3)c3ccc(cc3)CCCc3ccc2cc3)cc1. The van der Waals surface area contributed by atoms with Crippen LogP contribution >= 0.6 is 7.26 Å². The third kappa shape index (κ3) is 2.89. The van der Waals surface area contributed by atoms with E-state index >= 15 is 0 Å². The lowest BCUT2D eigenvalue weighted by Crippen LogP contribution is -2.38. The molecule has 0 saturated carbocycles. The molecule has 0 aromatic heterocycles. The van der Waals surface area contributed by atoms with Gasteiger partial charge in [0.2, 0.25) is 0 Å². The minimum atomic E-state index is -1.93. The summed E-state index contributed by atoms with van der Waals surface area (Å²) in [5.41, 5.74) is 2.89. The molecule has 28 heavy (non-hydrogen) atoms. The zero-order valence-corrected chi connectivity index (χ0v) is 16.9. The van der Waals surface area contributed by atoms with Crippen molar-refractivity contribution in [2.45, 2.75) is 19.3 Å². The Labute approximate surface area is 168 Å². The summed E-state index contributed by atoms with van der Waals surface area (Å²) in [4.78, 5) is 0. The number of aryl methyl sites for hydroxylation is 2. The van der Waals surface area contributed by atoms with E-state index in [2.05, 4.69) is 109 Å². The van der Waals surface area contributed by atoms with Crippen LogP contribution in [-0.2, 0) is 12.8 Å². The smallest absolute Gasteiger partial charge is 0.0620 e. The van der Waals surface area contributed by atoms with Gasteiger partial charge in [-0.2, -0.15) is 0 Å². The van der Waals surface area contributed by atoms with Gasteiger partial charge in [0.1, 0.15) is 28.5 Å². The lowest BCUT2D eigenvalue weighted by molar-refractivity contribution is 0.821. The van der Waals surface area contributed by atoms with Gasteiger partial charge in [-0.15, -0.1) is 0 Å². The predicted octanol–water partition coefficient (Wildman–Crippen LogP) is 4.79. The van der Waals surface area contributed by atoms with Gasteiger partial charge < -0.3 is 0 Å². The van der Waals surface area contributed by atoms with Gasteiger partial charge in [0.05, 0.1) is 0 Å². The van der Waals surface area contributed by atoms with Crippen molar-refractivity contribution in [3.8, 4) is 0 Å². The van der Waals surface area contributed by atoms with Crippen LogP contribution in [0.25, 0.3) is 0 Å². The molecule has 0 unspecified atom stereocenters. The Bertz CT molecular complexity index is 960. The molecule has 0 saturated heterocycles. The molecule has 4 aromatic carbocycles. The molecule has 0 fully saturated rings. The highest BCUT2D eigenvalue weighted by Crippen LogP contribution is 2.54. The van der Waals surface area contributed by atoms with Crippen LogP contribution in [0.1, 0.15) is 17.5 Å². The molecule has 4 aromatic rings. The Morgan fingerprint density at radius 1 is 0.393 bits per heavy atom. The Balaban J connectivity index is 1.89. The van der Waals surface area contributed by atoms with Crippen LogP contribution in [-0.4, -0.2) is 0 Å². The first-order valence-corrected chi connectivity index (χ1v) is 11.9. The maximum atomic E-state index is 2.39. The van der Waals surface area contributed by atoms with Crippen molar-refractivity contribution in [3.05, 3.63) is 120 Å². The van der Waals surface area contributed by atoms with Crippen LogP contribution < -0.4 is 21.2 Å². The van der Waals surface area contributed by atoms with E-state index in [9.17, 15) is 0 Å². The first kappa shape index (κ1) is 17.4. The fourth-order valence-corrected chi connectivity index (χ4v) is 8.69. The molecule has 0 N–H and O–H groups in total. The zero-order valence-electron chi connectivity index (χ0n) is 16.0. The molecule has 0 radical (unpaired) electrons. The summed E-state index contributed by atoms with van der Waals surface area (Å²) in [7, 11) is -1.93. The van der Waals surface area contributed by atoms with E-state index < -0.39 is 7.26 Å². The third-order valence-corrected chi connectivity index (χ3v) is 10.2. The predicted molar refractivity (Wildman–Crippen MR) is 123 cm³/mol. The molecule has 0 amide bonds. The normalized spacial score (nSPS) is 15.0. The van der Waals surface area contributed by atoms with Gasteiger partial charge in [-0.3, -0.25) is 0 Å². The average Bonchev–Trinajstić information content (AvgIpc) is 2.76. The lowest BCUT2D eigenvalue weighted by atomic mass is 10.0. The van der Waals surface area contributed by atoms with Crippen LogP contribution in [0.3, 0.4) is 0 Å². The molecule has 0 nitrogen and oxygen atoms in total. The first-order chi connectivity index (χ1) is 13.9. The molecule has 4 aliphatic heterocycles. The van der Waals surface area contributed by atoms with Crippen LogP contribution in [0.5, 0.6) is 0 Å². The first-order valence-electron chi connectivity index (χ1n) is 10.1. The van der Waals surface area contributed by atoms with E-state index in [4.69, 9.17) is 0 Å². The molecule has 8 rings (SSSR count). The van der Waals surface area contributed by atoms with Crippen molar-refractivity contribution in [2.24, 2.45) is 0 Å². The largest absolute Gasteiger partial charge is 0.144 e. The van der Waals surface area contributed by atoms with Gasteiger partial charge in [-0.1, -0.05) is 60.7 Å². The van der Waals surface area contributed by atoms with Crippen molar-refractivity contribution in [1.82, 2.24) is 0 Å². The number of rotatable bonds is 2. The van der Waals surface area contributed by atoms with Crippen molar-refractivity contribution in [2.75, 3.05) is 0 Å². The molecule has 0 atom stereocenters. The van der Waals surface area contributed by atoms with E-state index in [1.807, 2.05) is 0 Å². The monoisotopic (exact) mass is 379 g/mol. The molecule has 0 spiro atoms. The topological polar surface area (TPSA) is 0 Å². The molecule has 136 valence electrons. The van der Waals surface area contributed by atoms with Gasteiger partial charge in [-0.05, 0) is 78.9 Å². The Morgan fingerprint density at radius 2 is 0.750 bits per heavy atom. The van der Waals surface area contributed by atoms with Crippen LogP contribution in [0, 0.1) is 0 Å². The fraction of sp³-hybridized carbons (Fsp3) is 0.111. The summed E-state index contributed by atoms with van der Waals surface area (Å²) in [5, 5.41) is 5.70. The average molecular weight is 379 g/mol. The zero-order chi connectivity index (χ0) is 18.8. The maximum absolute atomic E-state index is 2.39. The summed E-state index contributed by atoms with van der Waals surface area (Å²) in [6.45, 7) is 0. The van der Waals surface area contributed by atoms with E-state index in [0.29, 0.717) is 0 Å². The van der Waals surface area contributed by atoms with Gasteiger partial charge in [0.25, 0.3) is 0 Å². The van der Waals surface area contributed by atoms with Gasteiger partial charge >= 0.3 is 0 Å². The maximum Gasteiger partial charge on any atom is 0.144 e. The molecule has 4 aliphatic rings. The number of hydrogen-bond donors (Lipinski definition) is 0. The number of benzene rings is 4. The summed E-state index contributed by atoms with van der Waals surface area (Å²) < 4.78 is 0. The highest BCUT2D eigenvalue weighted by atomic mass is 31.2. The standard InChI is InChI=1S/C27H24P/c1-3-10-24(11-4-1)28(25-12-5-2-6-13-25)26-18-14-22(15-19-26)8-7-9-23-16-20-27(28)21-17-23/h1-6,10-21H,7-9H2/q+1. The minimum Gasteiger partial charge on any atom is -0.0620 e. The summed E-state index contributed by atoms with van der Waals surface area (Å²) in [6.07, 6.45) is 3.49. The molecule has 4 heterocycles. The van der Waals surface area contributed by atoms with E-state index in [1.54, 1.807) is 0 Å². The van der Waals surface area contributed by atoms with Crippen molar-refractivity contribution < 1.29 is 0 Å². The highest BCUT2D eigenvalue weighted by Gasteiger charge is 2.47. The Kier molecular flexibility index (Phi) is 4.59. The van der Waals surface area contributed by atoms with E-state index in [1.165, 1.54) is 38.8 Å². The number of hydrogen-bond acceptors (Lipinski definition) is 0. The van der Waals surface area contributed by atoms with Crippen molar-refractivity contribution in [3.63, 3.8) is 0 Å². The van der Waals surface area contributed by atoms with E-state index in [-0.39, 0.29) is 0 Å². The third-order valence-electron chi connectivity index (χ3n) is 5.87. The van der Waals surface area contributed by atoms with Crippen LogP contribution in [0.15, 0.2) is 109 Å². The second-order valence-corrected chi connectivity index (χ2v) is 10.9.